The Morgan fingerprint density at radius 3 is 2.38 bits per heavy atom. The van der Waals surface area contributed by atoms with Crippen LogP contribution in [0.4, 0.5) is 0 Å². The van der Waals surface area contributed by atoms with Crippen LogP contribution in [-0.4, -0.2) is 23.0 Å². The molecule has 29 heavy (non-hydrogen) atoms. The number of fused-ring (bicyclic) bond motifs is 5. The SMILES string of the molecule is CC[C@@H](C)C1CC[C@H]2[C@@H]3CCC4C[C@H](NC(=O)C(=O)O)CC[C@]4(C)[C@H]3CC[C@]12C. The number of carbonyl (C=O) groups excluding carboxylic acids is 1. The molecule has 4 nitrogen and oxygen atoms in total. The Bertz CT molecular complexity index is 662. The molecule has 4 aliphatic rings. The van der Waals surface area contributed by atoms with Gasteiger partial charge in [0.15, 0.2) is 0 Å². The van der Waals surface area contributed by atoms with E-state index in [2.05, 4.69) is 33.0 Å². The Labute approximate surface area is 176 Å². The second-order valence-electron chi connectivity index (χ2n) is 11.5. The topological polar surface area (TPSA) is 66.4 Å². The van der Waals surface area contributed by atoms with E-state index in [1.54, 1.807) is 0 Å². The summed E-state index contributed by atoms with van der Waals surface area (Å²) >= 11 is 0. The summed E-state index contributed by atoms with van der Waals surface area (Å²) in [5.74, 6) is 2.82. The molecule has 4 rings (SSSR count). The van der Waals surface area contributed by atoms with Crippen LogP contribution in [0.2, 0.25) is 0 Å². The first kappa shape index (κ1) is 21.2. The van der Waals surface area contributed by atoms with E-state index in [-0.39, 0.29) is 6.04 Å². The summed E-state index contributed by atoms with van der Waals surface area (Å²) in [5.41, 5.74) is 0.926. The quantitative estimate of drug-likeness (QED) is 0.632. The zero-order valence-corrected chi connectivity index (χ0v) is 18.9. The van der Waals surface area contributed by atoms with Gasteiger partial charge in [-0.2, -0.15) is 0 Å². The molecular formula is C25H41NO3. The van der Waals surface area contributed by atoms with Crippen LogP contribution in [0.25, 0.3) is 0 Å². The first-order valence-corrected chi connectivity index (χ1v) is 12.2. The summed E-state index contributed by atoms with van der Waals surface area (Å²) < 4.78 is 0. The lowest BCUT2D eigenvalue weighted by molar-refractivity contribution is -0.151. The lowest BCUT2D eigenvalue weighted by Gasteiger charge is -2.61. The average molecular weight is 404 g/mol. The molecule has 4 fully saturated rings. The number of amides is 1. The van der Waals surface area contributed by atoms with Crippen molar-refractivity contribution in [3.8, 4) is 0 Å². The zero-order valence-electron chi connectivity index (χ0n) is 18.9. The number of aliphatic carboxylic acids is 1. The minimum absolute atomic E-state index is 0.0448. The number of hydrogen-bond donors (Lipinski definition) is 2. The van der Waals surface area contributed by atoms with E-state index in [1.165, 1.54) is 44.9 Å². The molecule has 4 heteroatoms. The average Bonchev–Trinajstić information content (AvgIpc) is 3.04. The van der Waals surface area contributed by atoms with Gasteiger partial charge in [0.2, 0.25) is 0 Å². The van der Waals surface area contributed by atoms with Crippen molar-refractivity contribution >= 4 is 11.9 Å². The number of hydrogen-bond acceptors (Lipinski definition) is 2. The van der Waals surface area contributed by atoms with Gasteiger partial charge < -0.3 is 10.4 Å². The lowest BCUT2D eigenvalue weighted by Crippen LogP contribution is -2.56. The highest BCUT2D eigenvalue weighted by Crippen LogP contribution is 2.68. The van der Waals surface area contributed by atoms with Crippen LogP contribution in [0.15, 0.2) is 0 Å². The van der Waals surface area contributed by atoms with Gasteiger partial charge in [-0.1, -0.05) is 34.1 Å². The molecule has 9 atom stereocenters. The standard InChI is InChI=1S/C25H41NO3/c1-5-15(2)19-8-9-20-18-7-6-16-14-17(26-22(27)23(28)29)10-12-24(16,3)21(18)11-13-25(19,20)4/h15-21H,5-14H2,1-4H3,(H,26,27)(H,28,29)/t15-,16?,17-,18+,19?,20+,21+,24+,25-/m1/s1. The van der Waals surface area contributed by atoms with Crippen molar-refractivity contribution in [1.82, 2.24) is 5.32 Å². The summed E-state index contributed by atoms with van der Waals surface area (Å²) in [5, 5.41) is 11.7. The predicted octanol–water partition coefficient (Wildman–Crippen LogP) is 5.26. The molecule has 2 N–H and O–H groups in total. The van der Waals surface area contributed by atoms with Crippen LogP contribution in [-0.2, 0) is 9.59 Å². The Kier molecular flexibility index (Phi) is 5.53. The lowest BCUT2D eigenvalue weighted by atomic mass is 9.44. The van der Waals surface area contributed by atoms with E-state index in [1.807, 2.05) is 0 Å². The first-order valence-electron chi connectivity index (χ1n) is 12.2. The molecular weight excluding hydrogens is 362 g/mol. The van der Waals surface area contributed by atoms with E-state index in [0.29, 0.717) is 16.7 Å². The van der Waals surface area contributed by atoms with Gasteiger partial charge in [-0.05, 0) is 104 Å². The van der Waals surface area contributed by atoms with Crippen molar-refractivity contribution in [3.63, 3.8) is 0 Å². The molecule has 164 valence electrons. The van der Waals surface area contributed by atoms with Crippen LogP contribution in [0.5, 0.6) is 0 Å². The molecule has 0 aromatic rings. The van der Waals surface area contributed by atoms with E-state index in [4.69, 9.17) is 5.11 Å². The van der Waals surface area contributed by atoms with Crippen LogP contribution in [0.1, 0.15) is 91.9 Å². The number of rotatable bonds is 3. The predicted molar refractivity (Wildman–Crippen MR) is 114 cm³/mol. The Morgan fingerprint density at radius 2 is 1.69 bits per heavy atom. The second kappa shape index (κ2) is 7.57. The van der Waals surface area contributed by atoms with E-state index >= 15 is 0 Å². The second-order valence-corrected chi connectivity index (χ2v) is 11.5. The largest absolute Gasteiger partial charge is 0.474 e. The fourth-order valence-electron chi connectivity index (χ4n) is 8.90. The third-order valence-corrected chi connectivity index (χ3v) is 10.6. The maximum Gasteiger partial charge on any atom is 0.394 e. The smallest absolute Gasteiger partial charge is 0.394 e. The summed E-state index contributed by atoms with van der Waals surface area (Å²) in [6.45, 7) is 10.0. The maximum atomic E-state index is 11.6. The first-order chi connectivity index (χ1) is 13.7. The molecule has 4 saturated carbocycles. The molecule has 0 heterocycles. The van der Waals surface area contributed by atoms with Gasteiger partial charge in [0.05, 0.1) is 0 Å². The molecule has 0 aromatic carbocycles. The fourth-order valence-corrected chi connectivity index (χ4v) is 8.90. The van der Waals surface area contributed by atoms with Crippen LogP contribution >= 0.6 is 0 Å². The Balaban J connectivity index is 1.48. The van der Waals surface area contributed by atoms with Crippen LogP contribution in [0.3, 0.4) is 0 Å². The normalized spacial score (nSPS) is 47.4. The Hall–Kier alpha value is -1.06. The highest BCUT2D eigenvalue weighted by atomic mass is 16.4. The third-order valence-electron chi connectivity index (χ3n) is 10.6. The molecule has 4 aliphatic carbocycles. The van der Waals surface area contributed by atoms with Gasteiger partial charge in [0.1, 0.15) is 0 Å². The molecule has 0 bridgehead atoms. The van der Waals surface area contributed by atoms with Gasteiger partial charge in [-0.15, -0.1) is 0 Å². The van der Waals surface area contributed by atoms with Gasteiger partial charge in [-0.25, -0.2) is 4.79 Å². The third kappa shape index (κ3) is 3.33. The van der Waals surface area contributed by atoms with E-state index in [9.17, 15) is 9.59 Å². The maximum absolute atomic E-state index is 11.6. The minimum atomic E-state index is -1.36. The molecule has 0 aromatic heterocycles. The monoisotopic (exact) mass is 403 g/mol. The van der Waals surface area contributed by atoms with E-state index < -0.39 is 11.9 Å². The van der Waals surface area contributed by atoms with Crippen molar-refractivity contribution in [2.24, 2.45) is 46.3 Å². The summed E-state index contributed by atoms with van der Waals surface area (Å²) in [4.78, 5) is 22.6. The fraction of sp³-hybridized carbons (Fsp3) is 0.920. The molecule has 0 radical (unpaired) electrons. The van der Waals surface area contributed by atoms with Gasteiger partial charge in [0, 0.05) is 6.04 Å². The summed E-state index contributed by atoms with van der Waals surface area (Å²) in [6, 6.07) is 0.0448. The molecule has 0 spiro atoms. The number of carbonyl (C=O) groups is 2. The van der Waals surface area contributed by atoms with Crippen LogP contribution < -0.4 is 5.32 Å². The van der Waals surface area contributed by atoms with Crippen molar-refractivity contribution in [2.45, 2.75) is 97.9 Å². The van der Waals surface area contributed by atoms with Crippen molar-refractivity contribution in [3.05, 3.63) is 0 Å². The molecule has 2 unspecified atom stereocenters. The van der Waals surface area contributed by atoms with Crippen molar-refractivity contribution < 1.29 is 14.7 Å². The number of carboxylic acid groups (broad SMARTS) is 1. The van der Waals surface area contributed by atoms with Crippen molar-refractivity contribution in [1.29, 1.82) is 0 Å². The van der Waals surface area contributed by atoms with Crippen LogP contribution in [0, 0.1) is 46.3 Å². The zero-order chi connectivity index (χ0) is 21.0. The summed E-state index contributed by atoms with van der Waals surface area (Å²) in [7, 11) is 0. The number of nitrogens with one attached hydrogen (secondary N) is 1. The molecule has 1 amide bonds. The molecule has 0 saturated heterocycles. The summed E-state index contributed by atoms with van der Waals surface area (Å²) in [6.07, 6.45) is 12.6. The number of carboxylic acids is 1. The van der Waals surface area contributed by atoms with Crippen molar-refractivity contribution in [2.75, 3.05) is 0 Å². The van der Waals surface area contributed by atoms with Gasteiger partial charge >= 0.3 is 11.9 Å². The highest BCUT2D eigenvalue weighted by molar-refractivity contribution is 6.31. The highest BCUT2D eigenvalue weighted by Gasteiger charge is 2.60. The van der Waals surface area contributed by atoms with Gasteiger partial charge in [-0.3, -0.25) is 4.79 Å². The Morgan fingerprint density at radius 1 is 1.00 bits per heavy atom. The minimum Gasteiger partial charge on any atom is -0.474 e. The molecule has 0 aliphatic heterocycles. The van der Waals surface area contributed by atoms with Gasteiger partial charge in [0.25, 0.3) is 0 Å². The van der Waals surface area contributed by atoms with E-state index in [0.717, 1.165) is 48.9 Å².